The van der Waals surface area contributed by atoms with Crippen molar-refractivity contribution in [1.82, 2.24) is 10.6 Å². The summed E-state index contributed by atoms with van der Waals surface area (Å²) in [7, 11) is 1.80. The van der Waals surface area contributed by atoms with Crippen molar-refractivity contribution < 1.29 is 4.74 Å². The maximum Gasteiger partial charge on any atom is 0.191 e. The Hall–Kier alpha value is -0.770. The second kappa shape index (κ2) is 9.20. The molecule has 0 aromatic carbocycles. The number of guanidine groups is 1. The Labute approximate surface area is 113 Å². The van der Waals surface area contributed by atoms with Crippen LogP contribution in [0.5, 0.6) is 0 Å². The molecular formula is C14H31N3O. The molecule has 0 aliphatic heterocycles. The Balaban J connectivity index is 3.84. The summed E-state index contributed by atoms with van der Waals surface area (Å²) >= 11 is 0. The third kappa shape index (κ3) is 10.4. The van der Waals surface area contributed by atoms with Crippen molar-refractivity contribution in [2.45, 2.75) is 53.5 Å². The molecule has 0 radical (unpaired) electrons. The van der Waals surface area contributed by atoms with Gasteiger partial charge in [0.1, 0.15) is 0 Å². The predicted molar refractivity (Wildman–Crippen MR) is 79.1 cm³/mol. The summed E-state index contributed by atoms with van der Waals surface area (Å²) in [6.07, 6.45) is 2.35. The van der Waals surface area contributed by atoms with Crippen molar-refractivity contribution in [3.63, 3.8) is 0 Å². The minimum absolute atomic E-state index is 0.391. The van der Waals surface area contributed by atoms with Crippen LogP contribution in [0.2, 0.25) is 0 Å². The highest BCUT2D eigenvalue weighted by atomic mass is 16.5. The van der Waals surface area contributed by atoms with Gasteiger partial charge in [-0.1, -0.05) is 20.8 Å². The number of aliphatic imine (C=N–C) groups is 1. The van der Waals surface area contributed by atoms with Gasteiger partial charge in [-0.3, -0.25) is 4.99 Å². The molecule has 0 spiro atoms. The lowest BCUT2D eigenvalue weighted by Gasteiger charge is -2.23. The van der Waals surface area contributed by atoms with Gasteiger partial charge >= 0.3 is 0 Å². The maximum atomic E-state index is 5.28. The Morgan fingerprint density at radius 1 is 1.33 bits per heavy atom. The van der Waals surface area contributed by atoms with E-state index in [0.29, 0.717) is 18.1 Å². The third-order valence-corrected chi connectivity index (χ3v) is 2.68. The van der Waals surface area contributed by atoms with Gasteiger partial charge in [-0.05, 0) is 32.1 Å². The second-order valence-corrected chi connectivity index (χ2v) is 5.84. The fourth-order valence-corrected chi connectivity index (χ4v) is 1.54. The number of nitrogens with zero attached hydrogens (tertiary/aromatic N) is 1. The van der Waals surface area contributed by atoms with Crippen LogP contribution in [0, 0.1) is 5.41 Å². The van der Waals surface area contributed by atoms with Crippen LogP contribution < -0.4 is 10.6 Å². The van der Waals surface area contributed by atoms with Gasteiger partial charge in [0.15, 0.2) is 5.96 Å². The first-order chi connectivity index (χ1) is 8.39. The van der Waals surface area contributed by atoms with E-state index in [2.05, 4.69) is 43.3 Å². The van der Waals surface area contributed by atoms with Crippen molar-refractivity contribution in [2.75, 3.05) is 26.8 Å². The Bertz CT molecular complexity index is 234. The lowest BCUT2D eigenvalue weighted by Crippen LogP contribution is -2.43. The number of hydrogen-bond acceptors (Lipinski definition) is 2. The molecule has 1 unspecified atom stereocenters. The summed E-state index contributed by atoms with van der Waals surface area (Å²) in [6.45, 7) is 13.3. The molecule has 0 fully saturated rings. The average molecular weight is 257 g/mol. The lowest BCUT2D eigenvalue weighted by molar-refractivity contribution is 0.152. The van der Waals surface area contributed by atoms with Gasteiger partial charge in [-0.2, -0.15) is 0 Å². The highest BCUT2D eigenvalue weighted by Crippen LogP contribution is 2.21. The molecule has 2 N–H and O–H groups in total. The highest BCUT2D eigenvalue weighted by Gasteiger charge is 2.13. The van der Waals surface area contributed by atoms with Crippen LogP contribution in [0.25, 0.3) is 0 Å². The smallest absolute Gasteiger partial charge is 0.191 e. The molecule has 0 amide bonds. The molecule has 4 nitrogen and oxygen atoms in total. The van der Waals surface area contributed by atoms with E-state index in [-0.39, 0.29) is 0 Å². The highest BCUT2D eigenvalue weighted by molar-refractivity contribution is 5.79. The quantitative estimate of drug-likeness (QED) is 0.418. The van der Waals surface area contributed by atoms with E-state index in [1.807, 2.05) is 6.92 Å². The van der Waals surface area contributed by atoms with Crippen LogP contribution in [-0.4, -0.2) is 38.8 Å². The van der Waals surface area contributed by atoms with Crippen molar-refractivity contribution in [1.29, 1.82) is 0 Å². The molecule has 0 saturated carbocycles. The van der Waals surface area contributed by atoms with Crippen molar-refractivity contribution in [3.05, 3.63) is 0 Å². The molecule has 0 aromatic heterocycles. The van der Waals surface area contributed by atoms with Crippen LogP contribution in [0.15, 0.2) is 4.99 Å². The molecular weight excluding hydrogens is 226 g/mol. The zero-order chi connectivity index (χ0) is 14.0. The van der Waals surface area contributed by atoms with Gasteiger partial charge in [-0.15, -0.1) is 0 Å². The minimum Gasteiger partial charge on any atom is -0.380 e. The van der Waals surface area contributed by atoms with Gasteiger partial charge in [-0.25, -0.2) is 0 Å². The molecule has 0 rings (SSSR count). The summed E-state index contributed by atoms with van der Waals surface area (Å²) in [5.41, 5.74) is 0.391. The number of hydrogen-bond donors (Lipinski definition) is 2. The molecule has 0 saturated heterocycles. The summed E-state index contributed by atoms with van der Waals surface area (Å²) < 4.78 is 5.28. The molecule has 0 aromatic rings. The Morgan fingerprint density at radius 2 is 2.00 bits per heavy atom. The standard InChI is InChI=1S/C14H31N3O/c1-7-18-11-10-16-13(15-6)17-12(2)8-9-14(3,4)5/h12H,7-11H2,1-6H3,(H2,15,16,17). The topological polar surface area (TPSA) is 45.6 Å². The summed E-state index contributed by atoms with van der Waals surface area (Å²) in [6, 6.07) is 0.433. The summed E-state index contributed by atoms with van der Waals surface area (Å²) in [5.74, 6) is 0.858. The van der Waals surface area contributed by atoms with Gasteiger partial charge in [0.2, 0.25) is 0 Å². The van der Waals surface area contributed by atoms with Gasteiger partial charge in [0.05, 0.1) is 6.61 Å². The average Bonchev–Trinajstić information content (AvgIpc) is 2.29. The number of rotatable bonds is 7. The normalized spacial score (nSPS) is 14.4. The monoisotopic (exact) mass is 257 g/mol. The van der Waals surface area contributed by atoms with Crippen LogP contribution in [0.3, 0.4) is 0 Å². The van der Waals surface area contributed by atoms with Crippen LogP contribution in [-0.2, 0) is 4.74 Å². The Kier molecular flexibility index (Phi) is 8.81. The van der Waals surface area contributed by atoms with Gasteiger partial charge < -0.3 is 15.4 Å². The molecule has 0 bridgehead atoms. The minimum atomic E-state index is 0.391. The first-order valence-electron chi connectivity index (χ1n) is 6.94. The SMILES string of the molecule is CCOCCNC(=NC)NC(C)CCC(C)(C)C. The molecule has 18 heavy (non-hydrogen) atoms. The first-order valence-corrected chi connectivity index (χ1v) is 6.94. The molecule has 0 heterocycles. The van der Waals surface area contributed by atoms with E-state index >= 15 is 0 Å². The van der Waals surface area contributed by atoms with Gasteiger partial charge in [0, 0.05) is 26.2 Å². The van der Waals surface area contributed by atoms with Crippen molar-refractivity contribution in [3.8, 4) is 0 Å². The molecule has 0 aliphatic rings. The van der Waals surface area contributed by atoms with Crippen molar-refractivity contribution >= 4 is 5.96 Å². The lowest BCUT2D eigenvalue weighted by atomic mass is 9.89. The molecule has 4 heteroatoms. The predicted octanol–water partition coefficient (Wildman–Crippen LogP) is 2.40. The number of ether oxygens (including phenoxy) is 1. The van der Waals surface area contributed by atoms with Gasteiger partial charge in [0.25, 0.3) is 0 Å². The fourth-order valence-electron chi connectivity index (χ4n) is 1.54. The zero-order valence-corrected chi connectivity index (χ0v) is 13.0. The third-order valence-electron chi connectivity index (χ3n) is 2.68. The van der Waals surface area contributed by atoms with Crippen LogP contribution in [0.4, 0.5) is 0 Å². The van der Waals surface area contributed by atoms with Crippen LogP contribution in [0.1, 0.15) is 47.5 Å². The van der Waals surface area contributed by atoms with E-state index in [4.69, 9.17) is 4.74 Å². The van der Waals surface area contributed by atoms with Crippen molar-refractivity contribution in [2.24, 2.45) is 10.4 Å². The molecule has 0 aliphatic carbocycles. The maximum absolute atomic E-state index is 5.28. The molecule has 108 valence electrons. The summed E-state index contributed by atoms with van der Waals surface area (Å²) in [4.78, 5) is 4.21. The summed E-state index contributed by atoms with van der Waals surface area (Å²) in [5, 5.41) is 6.65. The van der Waals surface area contributed by atoms with E-state index in [0.717, 1.165) is 25.5 Å². The van der Waals surface area contributed by atoms with E-state index in [1.54, 1.807) is 7.05 Å². The zero-order valence-electron chi connectivity index (χ0n) is 13.0. The fraction of sp³-hybridized carbons (Fsp3) is 0.929. The first kappa shape index (κ1) is 17.2. The van der Waals surface area contributed by atoms with E-state index < -0.39 is 0 Å². The van der Waals surface area contributed by atoms with Crippen LogP contribution >= 0.6 is 0 Å². The van der Waals surface area contributed by atoms with E-state index in [9.17, 15) is 0 Å². The largest absolute Gasteiger partial charge is 0.380 e. The van der Waals surface area contributed by atoms with E-state index in [1.165, 1.54) is 6.42 Å². The number of nitrogens with one attached hydrogen (secondary N) is 2. The second-order valence-electron chi connectivity index (χ2n) is 5.84. The Morgan fingerprint density at radius 3 is 2.50 bits per heavy atom. The molecule has 1 atom stereocenters.